The second-order valence-corrected chi connectivity index (χ2v) is 6.98. The third-order valence-corrected chi connectivity index (χ3v) is 5.08. The van der Waals surface area contributed by atoms with Crippen molar-refractivity contribution >= 4 is 17.5 Å². The molecule has 7 heteroatoms. The number of carbonyl (C=O) groups is 1. The summed E-state index contributed by atoms with van der Waals surface area (Å²) in [6.07, 6.45) is 7.37. The van der Waals surface area contributed by atoms with Gasteiger partial charge in [0, 0.05) is 12.7 Å². The van der Waals surface area contributed by atoms with E-state index in [1.807, 2.05) is 0 Å². The van der Waals surface area contributed by atoms with Crippen molar-refractivity contribution in [1.82, 2.24) is 15.3 Å². The van der Waals surface area contributed by atoms with E-state index in [9.17, 15) is 9.59 Å². The summed E-state index contributed by atoms with van der Waals surface area (Å²) in [5.74, 6) is 1.81. The predicted molar refractivity (Wildman–Crippen MR) is 93.3 cm³/mol. The fourth-order valence-corrected chi connectivity index (χ4v) is 3.60. The number of hydrogen-bond donors (Lipinski definition) is 2. The first-order chi connectivity index (χ1) is 11.5. The van der Waals surface area contributed by atoms with Crippen LogP contribution in [0.3, 0.4) is 0 Å². The summed E-state index contributed by atoms with van der Waals surface area (Å²) in [5, 5.41) is 3.10. The highest BCUT2D eigenvalue weighted by Crippen LogP contribution is 2.36. The van der Waals surface area contributed by atoms with Crippen LogP contribution in [0.1, 0.15) is 46.0 Å². The van der Waals surface area contributed by atoms with Gasteiger partial charge in [0.15, 0.2) is 6.61 Å². The number of carbonyl (C=O) groups excluding carboxylic acids is 1. The van der Waals surface area contributed by atoms with Crippen LogP contribution in [0.5, 0.6) is 5.88 Å². The Balaban J connectivity index is 1.78. The Labute approximate surface area is 147 Å². The first-order valence-corrected chi connectivity index (χ1v) is 9.04. The quantitative estimate of drug-likeness (QED) is 0.787. The topological polar surface area (TPSA) is 84.1 Å². The number of amides is 1. The average Bonchev–Trinajstić information content (AvgIpc) is 2.60. The first kappa shape index (κ1) is 18.8. The molecule has 0 saturated heterocycles. The summed E-state index contributed by atoms with van der Waals surface area (Å²) in [6.45, 7) is 4.96. The summed E-state index contributed by atoms with van der Waals surface area (Å²) < 4.78 is 5.23. The lowest BCUT2D eigenvalue weighted by Crippen LogP contribution is -2.36. The van der Waals surface area contributed by atoms with Crippen molar-refractivity contribution in [3.05, 3.63) is 21.7 Å². The van der Waals surface area contributed by atoms with E-state index in [-0.39, 0.29) is 23.4 Å². The number of ether oxygens (including phenoxy) is 1. The molecular formula is C17H26ClN3O3. The minimum atomic E-state index is -0.562. The van der Waals surface area contributed by atoms with Crippen molar-refractivity contribution in [3.8, 4) is 5.88 Å². The summed E-state index contributed by atoms with van der Waals surface area (Å²) in [5.41, 5.74) is -0.562. The second kappa shape index (κ2) is 9.06. The third kappa shape index (κ3) is 5.51. The molecule has 1 aliphatic rings. The molecule has 1 fully saturated rings. The number of H-pyrrole nitrogens is 1. The standard InChI is InChI=1S/C17H26ClN3O3/c1-3-11-5-12(4-2)7-13(6-11)8-19-15(22)10-24-16-14(18)9-20-17(23)21-16/h9,11-13H,3-8,10H2,1-2H3,(H,19,22)(H,20,21,23). The van der Waals surface area contributed by atoms with E-state index in [0.717, 1.165) is 11.8 Å². The van der Waals surface area contributed by atoms with Gasteiger partial charge < -0.3 is 15.0 Å². The normalized spacial score (nSPS) is 23.7. The molecule has 0 radical (unpaired) electrons. The van der Waals surface area contributed by atoms with Gasteiger partial charge in [0.05, 0.1) is 0 Å². The highest BCUT2D eigenvalue weighted by molar-refractivity contribution is 6.31. The summed E-state index contributed by atoms with van der Waals surface area (Å²) >= 11 is 5.85. The average molecular weight is 356 g/mol. The van der Waals surface area contributed by atoms with Crippen molar-refractivity contribution in [1.29, 1.82) is 0 Å². The van der Waals surface area contributed by atoms with Crippen LogP contribution in [0, 0.1) is 17.8 Å². The molecule has 6 nitrogen and oxygen atoms in total. The molecule has 1 aromatic rings. The molecule has 24 heavy (non-hydrogen) atoms. The van der Waals surface area contributed by atoms with Crippen LogP contribution in [0.25, 0.3) is 0 Å². The molecule has 2 atom stereocenters. The van der Waals surface area contributed by atoms with E-state index in [1.165, 1.54) is 38.3 Å². The number of hydrogen-bond acceptors (Lipinski definition) is 4. The Morgan fingerprint density at radius 3 is 2.54 bits per heavy atom. The van der Waals surface area contributed by atoms with Crippen molar-refractivity contribution in [3.63, 3.8) is 0 Å². The Morgan fingerprint density at radius 2 is 1.92 bits per heavy atom. The Kier molecular flexibility index (Phi) is 7.09. The molecule has 1 heterocycles. The summed E-state index contributed by atoms with van der Waals surface area (Å²) in [4.78, 5) is 29.0. The predicted octanol–water partition coefficient (Wildman–Crippen LogP) is 2.77. The molecular weight excluding hydrogens is 330 g/mol. The number of aromatic amines is 1. The van der Waals surface area contributed by atoms with Gasteiger partial charge in [-0.05, 0) is 37.0 Å². The van der Waals surface area contributed by atoms with E-state index in [4.69, 9.17) is 16.3 Å². The summed E-state index contributed by atoms with van der Waals surface area (Å²) in [7, 11) is 0. The zero-order valence-electron chi connectivity index (χ0n) is 14.3. The molecule has 1 aliphatic carbocycles. The highest BCUT2D eigenvalue weighted by atomic mass is 35.5. The van der Waals surface area contributed by atoms with Crippen molar-refractivity contribution < 1.29 is 9.53 Å². The van der Waals surface area contributed by atoms with Gasteiger partial charge >= 0.3 is 5.69 Å². The number of halogens is 1. The molecule has 0 aromatic carbocycles. The molecule has 2 unspecified atom stereocenters. The molecule has 1 amide bonds. The van der Waals surface area contributed by atoms with Gasteiger partial charge in [-0.1, -0.05) is 38.3 Å². The third-order valence-electron chi connectivity index (χ3n) is 4.81. The summed E-state index contributed by atoms with van der Waals surface area (Å²) in [6, 6.07) is 0. The van der Waals surface area contributed by atoms with E-state index in [1.54, 1.807) is 0 Å². The molecule has 1 aromatic heterocycles. The maximum atomic E-state index is 12.0. The minimum Gasteiger partial charge on any atom is -0.466 e. The van der Waals surface area contributed by atoms with Crippen LogP contribution >= 0.6 is 11.6 Å². The molecule has 0 aliphatic heterocycles. The Hall–Kier alpha value is -1.56. The van der Waals surface area contributed by atoms with E-state index in [2.05, 4.69) is 29.1 Å². The van der Waals surface area contributed by atoms with Crippen molar-refractivity contribution in [2.45, 2.75) is 46.0 Å². The minimum absolute atomic E-state index is 0.0228. The largest absolute Gasteiger partial charge is 0.466 e. The molecule has 1 saturated carbocycles. The monoisotopic (exact) mass is 355 g/mol. The van der Waals surface area contributed by atoms with Crippen molar-refractivity contribution in [2.24, 2.45) is 17.8 Å². The lowest BCUT2D eigenvalue weighted by molar-refractivity contribution is -0.123. The van der Waals surface area contributed by atoms with Gasteiger partial charge in [0.2, 0.25) is 5.88 Å². The Bertz CT molecular complexity index is 593. The zero-order valence-corrected chi connectivity index (χ0v) is 15.1. The number of nitrogens with zero attached hydrogens (tertiary/aromatic N) is 1. The fourth-order valence-electron chi connectivity index (χ4n) is 3.45. The SMILES string of the molecule is CCC1CC(CC)CC(CNC(=O)COc2nc(=O)[nH]cc2Cl)C1. The second-order valence-electron chi connectivity index (χ2n) is 6.57. The van der Waals surface area contributed by atoms with Crippen LogP contribution < -0.4 is 15.7 Å². The Morgan fingerprint density at radius 1 is 1.29 bits per heavy atom. The van der Waals surface area contributed by atoms with Crippen LogP contribution in [0.15, 0.2) is 11.0 Å². The lowest BCUT2D eigenvalue weighted by atomic mass is 9.73. The molecule has 0 bridgehead atoms. The van der Waals surface area contributed by atoms with Gasteiger partial charge in [-0.15, -0.1) is 0 Å². The molecule has 134 valence electrons. The van der Waals surface area contributed by atoms with E-state index in [0.29, 0.717) is 12.5 Å². The van der Waals surface area contributed by atoms with Gasteiger partial charge in [-0.2, -0.15) is 4.98 Å². The van der Waals surface area contributed by atoms with Gasteiger partial charge in [0.1, 0.15) is 5.02 Å². The fraction of sp³-hybridized carbons (Fsp3) is 0.706. The number of nitrogens with one attached hydrogen (secondary N) is 2. The van der Waals surface area contributed by atoms with Crippen LogP contribution in [0.4, 0.5) is 0 Å². The lowest BCUT2D eigenvalue weighted by Gasteiger charge is -2.34. The van der Waals surface area contributed by atoms with Crippen LogP contribution in [-0.2, 0) is 4.79 Å². The molecule has 0 spiro atoms. The van der Waals surface area contributed by atoms with E-state index < -0.39 is 5.69 Å². The van der Waals surface area contributed by atoms with Gasteiger partial charge in [-0.25, -0.2) is 4.79 Å². The van der Waals surface area contributed by atoms with Crippen LogP contribution in [0.2, 0.25) is 5.02 Å². The highest BCUT2D eigenvalue weighted by Gasteiger charge is 2.27. The maximum absolute atomic E-state index is 12.0. The maximum Gasteiger partial charge on any atom is 0.348 e. The van der Waals surface area contributed by atoms with E-state index >= 15 is 0 Å². The van der Waals surface area contributed by atoms with Crippen LogP contribution in [-0.4, -0.2) is 29.0 Å². The van der Waals surface area contributed by atoms with Gasteiger partial charge in [0.25, 0.3) is 5.91 Å². The first-order valence-electron chi connectivity index (χ1n) is 8.66. The molecule has 2 N–H and O–H groups in total. The van der Waals surface area contributed by atoms with Gasteiger partial charge in [-0.3, -0.25) is 4.79 Å². The zero-order chi connectivity index (χ0) is 17.5. The smallest absolute Gasteiger partial charge is 0.348 e. The number of aromatic nitrogens is 2. The van der Waals surface area contributed by atoms with Crippen molar-refractivity contribution in [2.75, 3.05) is 13.2 Å². The molecule has 2 rings (SSSR count). The number of rotatable bonds is 7.